The van der Waals surface area contributed by atoms with E-state index in [-0.39, 0.29) is 17.9 Å². The van der Waals surface area contributed by atoms with Crippen LogP contribution in [0.3, 0.4) is 0 Å². The molecule has 0 saturated carbocycles. The fourth-order valence-electron chi connectivity index (χ4n) is 1.30. The van der Waals surface area contributed by atoms with Crippen LogP contribution in [-0.2, 0) is 9.59 Å². The summed E-state index contributed by atoms with van der Waals surface area (Å²) in [7, 11) is 3.64. The van der Waals surface area contributed by atoms with Gasteiger partial charge >= 0.3 is 0 Å². The van der Waals surface area contributed by atoms with Crippen molar-refractivity contribution >= 4 is 11.8 Å². The van der Waals surface area contributed by atoms with E-state index in [2.05, 4.69) is 5.43 Å². The standard InChI is InChI=1S/C8H15N3O2/c1-6-4-7(12)9-11(6)8(13)5-10(2)3/h6H,4-5H2,1-3H3,(H,9,12). The highest BCUT2D eigenvalue weighted by atomic mass is 16.2. The molecule has 0 spiro atoms. The predicted octanol–water partition coefficient (Wildman–Crippen LogP) is -0.800. The maximum Gasteiger partial charge on any atom is 0.255 e. The molecule has 1 heterocycles. The van der Waals surface area contributed by atoms with E-state index in [0.717, 1.165) is 0 Å². The molecule has 0 bridgehead atoms. The van der Waals surface area contributed by atoms with E-state index in [1.54, 1.807) is 4.90 Å². The molecule has 1 atom stereocenters. The zero-order chi connectivity index (χ0) is 10.0. The third-order valence-electron chi connectivity index (χ3n) is 1.89. The number of nitrogens with zero attached hydrogens (tertiary/aromatic N) is 2. The second-order valence-corrected chi connectivity index (χ2v) is 3.59. The summed E-state index contributed by atoms with van der Waals surface area (Å²) in [5, 5.41) is 1.41. The van der Waals surface area contributed by atoms with Crippen LogP contribution in [0.15, 0.2) is 0 Å². The van der Waals surface area contributed by atoms with Crippen molar-refractivity contribution in [2.24, 2.45) is 0 Å². The minimum Gasteiger partial charge on any atom is -0.301 e. The fourth-order valence-corrected chi connectivity index (χ4v) is 1.30. The summed E-state index contributed by atoms with van der Waals surface area (Å²) in [6.45, 7) is 2.18. The highest BCUT2D eigenvalue weighted by Gasteiger charge is 2.30. The summed E-state index contributed by atoms with van der Waals surface area (Å²) in [5.74, 6) is -0.150. The van der Waals surface area contributed by atoms with Gasteiger partial charge in [-0.2, -0.15) is 0 Å². The van der Waals surface area contributed by atoms with Crippen LogP contribution in [-0.4, -0.2) is 48.4 Å². The summed E-state index contributed by atoms with van der Waals surface area (Å²) in [6, 6.07) is -0.0278. The Hall–Kier alpha value is -1.10. The fraction of sp³-hybridized carbons (Fsp3) is 0.750. The lowest BCUT2D eigenvalue weighted by molar-refractivity contribution is -0.138. The van der Waals surface area contributed by atoms with E-state index in [1.165, 1.54) is 5.01 Å². The SMILES string of the molecule is CC1CC(=O)NN1C(=O)CN(C)C. The van der Waals surface area contributed by atoms with Crippen LogP contribution in [0, 0.1) is 0 Å². The molecule has 1 rings (SSSR count). The van der Waals surface area contributed by atoms with Gasteiger partial charge < -0.3 is 4.90 Å². The lowest BCUT2D eigenvalue weighted by Crippen LogP contribution is -2.46. The first-order chi connectivity index (χ1) is 6.00. The molecule has 0 radical (unpaired) electrons. The molecular formula is C8H15N3O2. The average molecular weight is 185 g/mol. The summed E-state index contributed by atoms with van der Waals surface area (Å²) in [5.41, 5.74) is 2.53. The van der Waals surface area contributed by atoms with Crippen LogP contribution >= 0.6 is 0 Å². The van der Waals surface area contributed by atoms with Crippen molar-refractivity contribution in [3.8, 4) is 0 Å². The van der Waals surface area contributed by atoms with Crippen molar-refractivity contribution in [3.05, 3.63) is 0 Å². The minimum absolute atomic E-state index is 0.0278. The van der Waals surface area contributed by atoms with Crippen LogP contribution in [0.2, 0.25) is 0 Å². The highest BCUT2D eigenvalue weighted by Crippen LogP contribution is 2.08. The van der Waals surface area contributed by atoms with Gasteiger partial charge in [-0.1, -0.05) is 0 Å². The Balaban J connectivity index is 2.52. The van der Waals surface area contributed by atoms with Gasteiger partial charge in [0.15, 0.2) is 0 Å². The van der Waals surface area contributed by atoms with Crippen molar-refractivity contribution < 1.29 is 9.59 Å². The molecule has 1 saturated heterocycles. The van der Waals surface area contributed by atoms with Crippen LogP contribution in [0.1, 0.15) is 13.3 Å². The molecule has 1 aliphatic rings. The largest absolute Gasteiger partial charge is 0.301 e. The second-order valence-electron chi connectivity index (χ2n) is 3.59. The first-order valence-corrected chi connectivity index (χ1v) is 4.27. The van der Waals surface area contributed by atoms with Gasteiger partial charge in [0.25, 0.3) is 5.91 Å². The zero-order valence-electron chi connectivity index (χ0n) is 8.20. The topological polar surface area (TPSA) is 52.7 Å². The monoisotopic (exact) mass is 185 g/mol. The molecular weight excluding hydrogens is 170 g/mol. The van der Waals surface area contributed by atoms with Gasteiger partial charge in [0.05, 0.1) is 19.0 Å². The van der Waals surface area contributed by atoms with Gasteiger partial charge in [-0.15, -0.1) is 0 Å². The normalized spacial score (nSPS) is 22.3. The van der Waals surface area contributed by atoms with E-state index in [4.69, 9.17) is 0 Å². The molecule has 0 aromatic carbocycles. The maximum absolute atomic E-state index is 11.5. The number of nitrogens with one attached hydrogen (secondary N) is 1. The van der Waals surface area contributed by atoms with Crippen molar-refractivity contribution in [2.45, 2.75) is 19.4 Å². The predicted molar refractivity (Wildman–Crippen MR) is 47.6 cm³/mol. The number of hydrazine groups is 1. The lowest BCUT2D eigenvalue weighted by atomic mass is 10.2. The van der Waals surface area contributed by atoms with E-state index in [1.807, 2.05) is 21.0 Å². The Kier molecular flexibility index (Phi) is 2.87. The van der Waals surface area contributed by atoms with Crippen LogP contribution in [0.5, 0.6) is 0 Å². The Morgan fingerprint density at radius 1 is 1.69 bits per heavy atom. The van der Waals surface area contributed by atoms with Crippen molar-refractivity contribution in [2.75, 3.05) is 20.6 Å². The van der Waals surface area contributed by atoms with Gasteiger partial charge in [-0.3, -0.25) is 15.0 Å². The molecule has 13 heavy (non-hydrogen) atoms. The quantitative estimate of drug-likeness (QED) is 0.613. The Morgan fingerprint density at radius 3 is 2.69 bits per heavy atom. The Morgan fingerprint density at radius 2 is 2.31 bits per heavy atom. The van der Waals surface area contributed by atoms with Crippen molar-refractivity contribution in [1.29, 1.82) is 0 Å². The van der Waals surface area contributed by atoms with Gasteiger partial charge in [0.2, 0.25) is 5.91 Å². The second kappa shape index (κ2) is 3.74. The van der Waals surface area contributed by atoms with Gasteiger partial charge in [0.1, 0.15) is 0 Å². The molecule has 0 aliphatic carbocycles. The van der Waals surface area contributed by atoms with Crippen molar-refractivity contribution in [3.63, 3.8) is 0 Å². The number of rotatable bonds is 2. The Labute approximate surface area is 77.7 Å². The molecule has 0 aromatic heterocycles. The summed E-state index contributed by atoms with van der Waals surface area (Å²) >= 11 is 0. The van der Waals surface area contributed by atoms with Gasteiger partial charge in [-0.05, 0) is 21.0 Å². The third kappa shape index (κ3) is 2.42. The minimum atomic E-state index is -0.0837. The van der Waals surface area contributed by atoms with E-state index < -0.39 is 0 Å². The van der Waals surface area contributed by atoms with E-state index in [9.17, 15) is 9.59 Å². The lowest BCUT2D eigenvalue weighted by Gasteiger charge is -2.21. The molecule has 5 nitrogen and oxygen atoms in total. The van der Waals surface area contributed by atoms with Crippen LogP contribution in [0.25, 0.3) is 0 Å². The maximum atomic E-state index is 11.5. The highest BCUT2D eigenvalue weighted by molar-refractivity contribution is 5.86. The Bertz CT molecular complexity index is 227. The molecule has 5 heteroatoms. The van der Waals surface area contributed by atoms with E-state index in [0.29, 0.717) is 13.0 Å². The molecule has 1 unspecified atom stereocenters. The molecule has 1 fully saturated rings. The average Bonchev–Trinajstić information content (AvgIpc) is 2.28. The summed E-state index contributed by atoms with van der Waals surface area (Å²) in [6.07, 6.45) is 0.402. The third-order valence-corrected chi connectivity index (χ3v) is 1.89. The number of carbonyl (C=O) groups is 2. The molecule has 0 aromatic rings. The molecule has 2 amide bonds. The smallest absolute Gasteiger partial charge is 0.255 e. The van der Waals surface area contributed by atoms with Gasteiger partial charge in [0, 0.05) is 0 Å². The van der Waals surface area contributed by atoms with Crippen LogP contribution in [0.4, 0.5) is 0 Å². The number of hydrogen-bond acceptors (Lipinski definition) is 3. The first-order valence-electron chi connectivity index (χ1n) is 4.27. The summed E-state index contributed by atoms with van der Waals surface area (Å²) in [4.78, 5) is 24.2. The summed E-state index contributed by atoms with van der Waals surface area (Å²) < 4.78 is 0. The molecule has 1 N–H and O–H groups in total. The molecule has 1 aliphatic heterocycles. The zero-order valence-corrected chi connectivity index (χ0v) is 8.20. The number of hydrogen-bond donors (Lipinski definition) is 1. The molecule has 74 valence electrons. The number of likely N-dealkylation sites (N-methyl/N-ethyl adjacent to an activating group) is 1. The number of amides is 2. The van der Waals surface area contributed by atoms with Gasteiger partial charge in [-0.25, -0.2) is 5.01 Å². The van der Waals surface area contributed by atoms with Crippen molar-refractivity contribution in [1.82, 2.24) is 15.3 Å². The van der Waals surface area contributed by atoms with Crippen LogP contribution < -0.4 is 5.43 Å². The van der Waals surface area contributed by atoms with E-state index >= 15 is 0 Å². The first kappa shape index (κ1) is 9.98. The number of carbonyl (C=O) groups excluding carboxylic acids is 2.